The molecule has 1 aromatic carbocycles. The van der Waals surface area contributed by atoms with Crippen molar-refractivity contribution in [2.45, 2.75) is 20.8 Å². The molecule has 1 N–H and O–H groups in total. The van der Waals surface area contributed by atoms with Gasteiger partial charge in [-0.05, 0) is 32.1 Å². The molecule has 0 saturated heterocycles. The second kappa shape index (κ2) is 8.27. The van der Waals surface area contributed by atoms with Crippen molar-refractivity contribution in [3.05, 3.63) is 46.1 Å². The lowest BCUT2D eigenvalue weighted by atomic mass is 10.0. The average Bonchev–Trinajstić information content (AvgIpc) is 2.86. The number of carbonyl (C=O) groups is 2. The molecule has 6 nitrogen and oxygen atoms in total. The van der Waals surface area contributed by atoms with Gasteiger partial charge in [0.25, 0.3) is 0 Å². The van der Waals surface area contributed by atoms with Crippen LogP contribution < -0.4 is 5.32 Å². The van der Waals surface area contributed by atoms with E-state index < -0.39 is 0 Å². The van der Waals surface area contributed by atoms with Crippen molar-refractivity contribution in [2.75, 3.05) is 25.0 Å². The first-order valence-corrected chi connectivity index (χ1v) is 8.61. The van der Waals surface area contributed by atoms with Gasteiger partial charge < -0.3 is 5.32 Å². The lowest BCUT2D eigenvalue weighted by Crippen LogP contribution is -2.33. The maximum atomic E-state index is 12.9. The normalized spacial score (nSPS) is 11.0. The molecule has 25 heavy (non-hydrogen) atoms. The Morgan fingerprint density at radius 1 is 1.24 bits per heavy atom. The minimum Gasteiger partial charge on any atom is -0.309 e. The quantitative estimate of drug-likeness (QED) is 0.769. The number of halogens is 1. The van der Waals surface area contributed by atoms with Gasteiger partial charge in [-0.1, -0.05) is 37.6 Å². The highest BCUT2D eigenvalue weighted by Crippen LogP contribution is 2.26. The fraction of sp³-hybridized carbons (Fsp3) is 0.389. The summed E-state index contributed by atoms with van der Waals surface area (Å²) in [6.45, 7) is 7.55. The van der Waals surface area contributed by atoms with E-state index in [1.54, 1.807) is 38.2 Å². The van der Waals surface area contributed by atoms with E-state index in [2.05, 4.69) is 10.4 Å². The summed E-state index contributed by atoms with van der Waals surface area (Å²) in [5.74, 6) is -0.0474. The fourth-order valence-electron chi connectivity index (χ4n) is 2.68. The van der Waals surface area contributed by atoms with E-state index in [1.807, 2.05) is 18.7 Å². The number of anilines is 1. The minimum absolute atomic E-state index is 0.181. The maximum absolute atomic E-state index is 12.9. The Morgan fingerprint density at radius 3 is 2.48 bits per heavy atom. The van der Waals surface area contributed by atoms with Crippen LogP contribution in [0.5, 0.6) is 0 Å². The molecule has 0 aliphatic carbocycles. The monoisotopic (exact) mass is 362 g/mol. The molecule has 0 fully saturated rings. The summed E-state index contributed by atoms with van der Waals surface area (Å²) in [5, 5.41) is 7.48. The Hall–Kier alpha value is -2.18. The highest BCUT2D eigenvalue weighted by molar-refractivity contribution is 6.35. The summed E-state index contributed by atoms with van der Waals surface area (Å²) in [6, 6.07) is 6.85. The molecular weight excluding hydrogens is 340 g/mol. The summed E-state index contributed by atoms with van der Waals surface area (Å²) >= 11 is 6.15. The summed E-state index contributed by atoms with van der Waals surface area (Å²) in [5.41, 5.74) is 1.30. The zero-order chi connectivity index (χ0) is 18.6. The van der Waals surface area contributed by atoms with E-state index in [-0.39, 0.29) is 18.2 Å². The van der Waals surface area contributed by atoms with Crippen LogP contribution in [0.1, 0.15) is 35.5 Å². The van der Waals surface area contributed by atoms with Crippen LogP contribution in [0, 0.1) is 6.92 Å². The molecule has 7 heteroatoms. The minimum atomic E-state index is -0.255. The molecule has 2 rings (SSSR count). The highest BCUT2D eigenvalue weighted by atomic mass is 35.5. The van der Waals surface area contributed by atoms with Gasteiger partial charge in [-0.15, -0.1) is 0 Å². The van der Waals surface area contributed by atoms with Gasteiger partial charge in [-0.2, -0.15) is 5.10 Å². The smallest absolute Gasteiger partial charge is 0.239 e. The number of rotatable bonds is 7. The summed E-state index contributed by atoms with van der Waals surface area (Å²) in [4.78, 5) is 27.3. The van der Waals surface area contributed by atoms with Crippen molar-refractivity contribution in [1.29, 1.82) is 0 Å². The standard InChI is InChI=1S/C18H23ClN4O2/c1-5-23(6-2)11-15(24)20-18-16(12(3)21-22(18)4)17(25)13-9-7-8-10-14(13)19/h7-10H,5-6,11H2,1-4H3,(H,20,24). The molecule has 0 spiro atoms. The van der Waals surface area contributed by atoms with E-state index in [0.717, 1.165) is 13.1 Å². The molecule has 1 amide bonds. The zero-order valence-corrected chi connectivity index (χ0v) is 15.7. The second-order valence-corrected chi connectivity index (χ2v) is 6.16. The van der Waals surface area contributed by atoms with Crippen molar-refractivity contribution in [3.63, 3.8) is 0 Å². The van der Waals surface area contributed by atoms with Gasteiger partial charge in [0.15, 0.2) is 5.78 Å². The second-order valence-electron chi connectivity index (χ2n) is 5.75. The van der Waals surface area contributed by atoms with Crippen molar-refractivity contribution < 1.29 is 9.59 Å². The van der Waals surface area contributed by atoms with Crippen LogP contribution in [0.2, 0.25) is 5.02 Å². The molecule has 2 aromatic rings. The molecule has 0 unspecified atom stereocenters. The van der Waals surface area contributed by atoms with Gasteiger partial charge >= 0.3 is 0 Å². The first-order valence-electron chi connectivity index (χ1n) is 8.24. The number of likely N-dealkylation sites (N-methyl/N-ethyl adjacent to an activating group) is 1. The Kier molecular flexibility index (Phi) is 6.33. The van der Waals surface area contributed by atoms with Gasteiger partial charge in [0.05, 0.1) is 22.8 Å². The molecule has 0 saturated carbocycles. The van der Waals surface area contributed by atoms with Crippen LogP contribution >= 0.6 is 11.6 Å². The highest BCUT2D eigenvalue weighted by Gasteiger charge is 2.24. The largest absolute Gasteiger partial charge is 0.309 e. The number of nitrogens with zero attached hydrogens (tertiary/aromatic N) is 3. The summed E-state index contributed by atoms with van der Waals surface area (Å²) in [6.07, 6.45) is 0. The fourth-order valence-corrected chi connectivity index (χ4v) is 2.90. The van der Waals surface area contributed by atoms with Gasteiger partial charge in [0, 0.05) is 12.6 Å². The van der Waals surface area contributed by atoms with E-state index in [9.17, 15) is 9.59 Å². The number of hydrogen-bond donors (Lipinski definition) is 1. The van der Waals surface area contributed by atoms with Crippen LogP contribution in [0.25, 0.3) is 0 Å². The van der Waals surface area contributed by atoms with Crippen LogP contribution in [0.3, 0.4) is 0 Å². The number of aryl methyl sites for hydroxylation is 2. The van der Waals surface area contributed by atoms with Crippen molar-refractivity contribution in [3.8, 4) is 0 Å². The molecule has 0 aliphatic heterocycles. The van der Waals surface area contributed by atoms with Crippen LogP contribution in [-0.2, 0) is 11.8 Å². The van der Waals surface area contributed by atoms with Gasteiger partial charge in [-0.25, -0.2) is 0 Å². The molecule has 1 aromatic heterocycles. The van der Waals surface area contributed by atoms with Gasteiger partial charge in [-0.3, -0.25) is 19.2 Å². The van der Waals surface area contributed by atoms with Crippen molar-refractivity contribution >= 4 is 29.1 Å². The van der Waals surface area contributed by atoms with E-state index in [1.165, 1.54) is 4.68 Å². The zero-order valence-electron chi connectivity index (χ0n) is 15.0. The van der Waals surface area contributed by atoms with E-state index in [0.29, 0.717) is 27.7 Å². The van der Waals surface area contributed by atoms with Crippen LogP contribution in [0.4, 0.5) is 5.82 Å². The average molecular weight is 363 g/mol. The van der Waals surface area contributed by atoms with E-state index >= 15 is 0 Å². The third-order valence-electron chi connectivity index (χ3n) is 4.09. The molecular formula is C18H23ClN4O2. The SMILES string of the molecule is CCN(CC)CC(=O)Nc1c(C(=O)c2ccccc2Cl)c(C)nn1C. The third-order valence-corrected chi connectivity index (χ3v) is 4.42. The van der Waals surface area contributed by atoms with Gasteiger partial charge in [0.1, 0.15) is 5.82 Å². The topological polar surface area (TPSA) is 67.2 Å². The Bertz CT molecular complexity index is 781. The predicted octanol–water partition coefficient (Wildman–Crippen LogP) is 2.89. The molecule has 0 bridgehead atoms. The number of benzene rings is 1. The Morgan fingerprint density at radius 2 is 1.88 bits per heavy atom. The molecule has 134 valence electrons. The maximum Gasteiger partial charge on any atom is 0.239 e. The van der Waals surface area contributed by atoms with Gasteiger partial charge in [0.2, 0.25) is 5.91 Å². The first-order chi connectivity index (χ1) is 11.9. The molecule has 1 heterocycles. The van der Waals surface area contributed by atoms with Crippen LogP contribution in [-0.4, -0.2) is 46.0 Å². The number of nitrogens with one attached hydrogen (secondary N) is 1. The Labute approximate surface area is 152 Å². The number of carbonyl (C=O) groups excluding carboxylic acids is 2. The number of ketones is 1. The first kappa shape index (κ1) is 19.1. The number of aromatic nitrogens is 2. The lowest BCUT2D eigenvalue weighted by Gasteiger charge is -2.17. The van der Waals surface area contributed by atoms with Crippen molar-refractivity contribution in [2.24, 2.45) is 7.05 Å². The number of amides is 1. The lowest BCUT2D eigenvalue weighted by molar-refractivity contribution is -0.117. The van der Waals surface area contributed by atoms with E-state index in [4.69, 9.17) is 11.6 Å². The number of hydrogen-bond acceptors (Lipinski definition) is 4. The van der Waals surface area contributed by atoms with Crippen molar-refractivity contribution in [1.82, 2.24) is 14.7 Å². The van der Waals surface area contributed by atoms with Crippen LogP contribution in [0.15, 0.2) is 24.3 Å². The molecule has 0 aliphatic rings. The molecule has 0 radical (unpaired) electrons. The summed E-state index contributed by atoms with van der Waals surface area (Å²) in [7, 11) is 1.70. The molecule has 0 atom stereocenters. The predicted molar refractivity (Wildman–Crippen MR) is 99.2 cm³/mol. The Balaban J connectivity index is 2.33. The summed E-state index contributed by atoms with van der Waals surface area (Å²) < 4.78 is 1.51. The third kappa shape index (κ3) is 4.27.